The van der Waals surface area contributed by atoms with Crippen LogP contribution in [0.1, 0.15) is 13.8 Å². The van der Waals surface area contributed by atoms with Crippen LogP contribution in [0.3, 0.4) is 0 Å². The SMILES string of the molecule is CC(C)P(c1ccccc1)[C]12[CH]3[CH]4[CH]5[CH]1[Fe]45321678[CH]2[CH]1[CH]6[CH]7[CH]28. The molecule has 1 aromatic carbocycles. The molecule has 1 spiro atoms. The fourth-order valence-electron chi connectivity index (χ4n) is 18.2. The molecule has 110 valence electrons. The van der Waals surface area contributed by atoms with E-state index in [-0.39, 0.29) is 7.92 Å². The molecule has 21 heavy (non-hydrogen) atoms. The van der Waals surface area contributed by atoms with Crippen LogP contribution < -0.4 is 5.30 Å². The van der Waals surface area contributed by atoms with Crippen molar-refractivity contribution in [2.45, 2.75) is 66.9 Å². The van der Waals surface area contributed by atoms with Crippen molar-refractivity contribution < 1.29 is 6.51 Å². The predicted molar refractivity (Wildman–Crippen MR) is 84.6 cm³/mol. The Kier molecular flexibility index (Phi) is 0.368. The van der Waals surface area contributed by atoms with Crippen LogP contribution in [0.25, 0.3) is 0 Å². The van der Waals surface area contributed by atoms with E-state index in [1.54, 1.807) is 0 Å². The van der Waals surface area contributed by atoms with Crippen LogP contribution in [-0.2, 0) is 6.51 Å². The van der Waals surface area contributed by atoms with Gasteiger partial charge in [0.25, 0.3) is 0 Å². The van der Waals surface area contributed by atoms with E-state index in [0.29, 0.717) is 0 Å². The van der Waals surface area contributed by atoms with Gasteiger partial charge in [0.1, 0.15) is 0 Å². The van der Waals surface area contributed by atoms with Crippen LogP contribution in [0.5, 0.6) is 0 Å². The fourth-order valence-corrected chi connectivity index (χ4v) is 108. The molecule has 10 heterocycles. The van der Waals surface area contributed by atoms with Gasteiger partial charge in [-0.1, -0.05) is 0 Å². The summed E-state index contributed by atoms with van der Waals surface area (Å²) < 4.78 is 1.10. The third-order valence-electron chi connectivity index (χ3n) is 16.5. The second-order valence-electron chi connectivity index (χ2n) is 12.4. The molecule has 0 N–H and O–H groups in total. The first kappa shape index (κ1) is 8.86. The zero-order chi connectivity index (χ0) is 13.3. The van der Waals surface area contributed by atoms with E-state index in [1.165, 1.54) is 43.3 Å². The van der Waals surface area contributed by atoms with Gasteiger partial charge in [0, 0.05) is 0 Å². The predicted octanol–water partition coefficient (Wildman–Crippen LogP) is 5.50. The van der Waals surface area contributed by atoms with Gasteiger partial charge < -0.3 is 0 Å². The average Bonchev–Trinajstić information content (AvgIpc) is 3.42. The Bertz CT molecular complexity index is 1120. The number of hydrogen-bond donors (Lipinski definition) is 0. The number of fused-ring (bicyclic) bond motifs is 10. The molecule has 0 aromatic heterocycles. The molecule has 5 unspecified atom stereocenters. The fraction of sp³-hybridized carbons (Fsp3) is 0.684. The molecule has 10 saturated heterocycles. The van der Waals surface area contributed by atoms with E-state index in [0.717, 1.165) is 9.71 Å². The molecule has 10 fully saturated rings. The molecule has 10 aliphatic heterocycles. The molecule has 11 rings (SSSR count). The van der Waals surface area contributed by atoms with Gasteiger partial charge in [0.15, 0.2) is 0 Å². The number of benzene rings is 1. The van der Waals surface area contributed by atoms with Crippen molar-refractivity contribution in [2.24, 2.45) is 0 Å². The summed E-state index contributed by atoms with van der Waals surface area (Å²) in [5.41, 5.74) is 0.946. The Morgan fingerprint density at radius 2 is 1.38 bits per heavy atom. The standard InChI is InChI=1S/C14H16P.C5H5.Fe/c1-12(2)15(14-10-6-7-11-14)13-8-4-3-5-9-13;1-2-4-5-3-1;/h3-12H,1-2H3;1-5H;. The summed E-state index contributed by atoms with van der Waals surface area (Å²) >= 11 is 0. The first-order chi connectivity index (χ1) is 9.97. The maximum absolute atomic E-state index is 2.90. The summed E-state index contributed by atoms with van der Waals surface area (Å²) in [5, 5.41) is 1.82. The zero-order valence-electron chi connectivity index (χ0n) is 12.5. The molecule has 0 radical (unpaired) electrons. The van der Waals surface area contributed by atoms with Gasteiger partial charge in [0.05, 0.1) is 0 Å². The van der Waals surface area contributed by atoms with Crippen molar-refractivity contribution in [2.75, 3.05) is 0 Å². The molecule has 10 aliphatic rings. The van der Waals surface area contributed by atoms with Gasteiger partial charge in [-0.05, 0) is 0 Å². The van der Waals surface area contributed by atoms with E-state index in [2.05, 4.69) is 44.2 Å². The van der Waals surface area contributed by atoms with E-state index < -0.39 is 6.51 Å². The molecular formula is C19H21FeP. The zero-order valence-corrected chi connectivity index (χ0v) is 14.5. The van der Waals surface area contributed by atoms with Crippen molar-refractivity contribution in [1.82, 2.24) is 0 Å². The molecule has 5 atom stereocenters. The topological polar surface area (TPSA) is 0 Å². The Hall–Kier alpha value is 0.169. The maximum atomic E-state index is 2.59. The summed E-state index contributed by atoms with van der Waals surface area (Å²) in [6, 6.07) is 11.9. The Morgan fingerprint density at radius 3 is 1.71 bits per heavy atom. The van der Waals surface area contributed by atoms with E-state index in [9.17, 15) is 0 Å². The first-order valence-corrected chi connectivity index (χ1v) is 16.7. The van der Waals surface area contributed by atoms with Gasteiger partial charge in [-0.15, -0.1) is 0 Å². The van der Waals surface area contributed by atoms with Crippen LogP contribution in [0.2, 0.25) is 43.3 Å². The van der Waals surface area contributed by atoms with Crippen molar-refractivity contribution in [3.05, 3.63) is 30.3 Å². The molecule has 0 amide bonds. The van der Waals surface area contributed by atoms with E-state index in [1.807, 2.05) is 5.30 Å². The van der Waals surface area contributed by atoms with Crippen molar-refractivity contribution in [3.8, 4) is 0 Å². The minimum atomic E-state index is -2.90. The second kappa shape index (κ2) is 0.872. The number of rotatable bonds is 3. The Morgan fingerprint density at radius 1 is 0.857 bits per heavy atom. The van der Waals surface area contributed by atoms with Crippen molar-refractivity contribution in [1.29, 1.82) is 0 Å². The molecule has 0 bridgehead atoms. The summed E-state index contributed by atoms with van der Waals surface area (Å²) in [6.07, 6.45) is 0. The van der Waals surface area contributed by atoms with Crippen LogP contribution in [0, 0.1) is 0 Å². The van der Waals surface area contributed by atoms with Crippen molar-refractivity contribution >= 4 is 13.2 Å². The minimum absolute atomic E-state index is 0.168. The average molecular weight is 336 g/mol. The van der Waals surface area contributed by atoms with Crippen LogP contribution >= 0.6 is 7.92 Å². The summed E-state index contributed by atoms with van der Waals surface area (Å²) in [7, 11) is 0.168. The van der Waals surface area contributed by atoms with Crippen molar-refractivity contribution in [3.63, 3.8) is 0 Å². The third-order valence-corrected chi connectivity index (χ3v) is 66.2. The molecule has 1 aromatic rings. The van der Waals surface area contributed by atoms with Gasteiger partial charge in [-0.2, -0.15) is 0 Å². The third kappa shape index (κ3) is 0.120. The summed E-state index contributed by atoms with van der Waals surface area (Å²) in [6.45, 7) is 2.28. The van der Waals surface area contributed by atoms with Crippen LogP contribution in [0.15, 0.2) is 30.3 Å². The van der Waals surface area contributed by atoms with Gasteiger partial charge >= 0.3 is 117 Å². The first-order valence-electron chi connectivity index (χ1n) is 9.03. The number of hydrogen-bond acceptors (Lipinski definition) is 0. The Balaban J connectivity index is 1.39. The molecule has 0 saturated carbocycles. The van der Waals surface area contributed by atoms with Gasteiger partial charge in [-0.25, -0.2) is 0 Å². The van der Waals surface area contributed by atoms with E-state index in [4.69, 9.17) is 0 Å². The van der Waals surface area contributed by atoms with Crippen LogP contribution in [0.4, 0.5) is 0 Å². The quantitative estimate of drug-likeness (QED) is 0.505. The van der Waals surface area contributed by atoms with Crippen LogP contribution in [-0.4, -0.2) is 9.71 Å². The second-order valence-corrected chi connectivity index (χ2v) is 39.4. The summed E-state index contributed by atoms with van der Waals surface area (Å²) in [5.74, 6) is 0. The van der Waals surface area contributed by atoms with Gasteiger partial charge in [-0.3, -0.25) is 0 Å². The Labute approximate surface area is 117 Å². The summed E-state index contributed by atoms with van der Waals surface area (Å²) in [4.78, 5) is 13.4. The molecular weight excluding hydrogens is 315 g/mol. The molecule has 0 aliphatic carbocycles. The normalized spacial score (nSPS) is 100. The molecule has 0 nitrogen and oxygen atoms in total. The van der Waals surface area contributed by atoms with E-state index >= 15 is 0 Å². The monoisotopic (exact) mass is 336 g/mol. The van der Waals surface area contributed by atoms with Gasteiger partial charge in [0.2, 0.25) is 0 Å². The molecule has 2 heteroatoms.